The van der Waals surface area contributed by atoms with Crippen molar-refractivity contribution in [3.63, 3.8) is 0 Å². The minimum absolute atomic E-state index is 0.0997. The quantitative estimate of drug-likeness (QED) is 0.263. The first-order valence-corrected chi connectivity index (χ1v) is 19.8. The van der Waals surface area contributed by atoms with Gasteiger partial charge in [0.1, 0.15) is 35.1 Å². The molecule has 0 amide bonds. The van der Waals surface area contributed by atoms with Crippen molar-refractivity contribution in [1.29, 1.82) is 0 Å². The zero-order valence-electron chi connectivity index (χ0n) is 34.2. The highest BCUT2D eigenvalue weighted by atomic mass is 31.1. The molecule has 0 aliphatic carbocycles. The van der Waals surface area contributed by atoms with Crippen molar-refractivity contribution in [2.45, 2.75) is 188 Å². The lowest BCUT2D eigenvalue weighted by atomic mass is 9.77. The van der Waals surface area contributed by atoms with Crippen LogP contribution in [-0.4, -0.2) is 48.4 Å². The predicted molar refractivity (Wildman–Crippen MR) is 204 cm³/mol. The van der Waals surface area contributed by atoms with Crippen molar-refractivity contribution in [2.24, 2.45) is 0 Å². The monoisotopic (exact) mass is 726 g/mol. The van der Waals surface area contributed by atoms with Crippen molar-refractivity contribution < 1.29 is 36.6 Å². The fourth-order valence-electron chi connectivity index (χ4n) is 7.60. The molecule has 0 saturated carbocycles. The maximum Gasteiger partial charge on any atom is 0.388 e. The number of benzene rings is 2. The molecule has 1 aromatic heterocycles. The molecule has 3 saturated heterocycles. The second kappa shape index (κ2) is 12.3. The van der Waals surface area contributed by atoms with Crippen molar-refractivity contribution >= 4 is 30.2 Å². The molecule has 51 heavy (non-hydrogen) atoms. The second-order valence-corrected chi connectivity index (χ2v) is 21.0. The number of hydrogen-bond acceptors (Lipinski definition) is 8. The third-order valence-corrected chi connectivity index (χ3v) is 11.8. The van der Waals surface area contributed by atoms with Gasteiger partial charge >= 0.3 is 8.24 Å². The highest BCUT2D eigenvalue weighted by molar-refractivity contribution is 7.31. The van der Waals surface area contributed by atoms with Crippen LogP contribution in [0.4, 0.5) is 0 Å². The van der Waals surface area contributed by atoms with Crippen molar-refractivity contribution in [1.82, 2.24) is 0 Å². The molecule has 0 unspecified atom stereocenters. The van der Waals surface area contributed by atoms with Crippen molar-refractivity contribution in [2.75, 3.05) is 6.61 Å². The molecule has 3 aliphatic rings. The number of fused-ring (bicyclic) bond motifs is 4. The van der Waals surface area contributed by atoms with Crippen LogP contribution in [-0.2, 0) is 45.3 Å². The third kappa shape index (κ3) is 7.21. The minimum Gasteiger partial charge on any atom is -0.399 e. The Hall–Kier alpha value is -1.90. The smallest absolute Gasteiger partial charge is 0.388 e. The average molecular weight is 727 g/mol. The lowest BCUT2D eigenvalue weighted by Gasteiger charge is -2.37. The standard InChI is InChI=1S/C42H63O8P/c1-18-42(33(30-23-43-40(14,15)45-30)44-35-34(42)46-41(16,17)47-35)50-51-48-31-26(19-24(36(2,3)4)21-28(31)38(8,9)10)27-20-25(37(5,6)7)22-29(32(27)49-51)39(11,12)13/h19-22,30,33-35H,18,23H2,1-17H3/t30-,33-,34+,35-,42-/m1/s1. The van der Waals surface area contributed by atoms with E-state index in [4.69, 9.17) is 36.6 Å². The number of hydrogen-bond donors (Lipinski definition) is 0. The Morgan fingerprint density at radius 3 is 1.53 bits per heavy atom. The Morgan fingerprint density at radius 2 is 1.14 bits per heavy atom. The van der Waals surface area contributed by atoms with Crippen LogP contribution in [0.15, 0.2) is 32.7 Å². The first-order chi connectivity index (χ1) is 23.2. The number of ether oxygens (including phenoxy) is 5. The van der Waals surface area contributed by atoms with Gasteiger partial charge in [-0.15, -0.1) is 0 Å². The molecule has 3 aliphatic heterocycles. The van der Waals surface area contributed by atoms with E-state index in [1.807, 2.05) is 27.7 Å². The van der Waals surface area contributed by atoms with Gasteiger partial charge in [0.15, 0.2) is 17.9 Å². The van der Waals surface area contributed by atoms with Gasteiger partial charge in [0.05, 0.1) is 6.61 Å². The predicted octanol–water partition coefficient (Wildman–Crippen LogP) is 11.1. The van der Waals surface area contributed by atoms with E-state index in [2.05, 4.69) is 114 Å². The van der Waals surface area contributed by atoms with Gasteiger partial charge in [-0.05, 0) is 79.0 Å². The van der Waals surface area contributed by atoms with E-state index in [-0.39, 0.29) is 21.7 Å². The Morgan fingerprint density at radius 1 is 0.647 bits per heavy atom. The molecule has 8 nitrogen and oxygen atoms in total. The lowest BCUT2D eigenvalue weighted by molar-refractivity contribution is -0.241. The molecule has 284 valence electrons. The van der Waals surface area contributed by atoms with Crippen molar-refractivity contribution in [3.05, 3.63) is 46.5 Å². The summed E-state index contributed by atoms with van der Waals surface area (Å²) in [5, 5.41) is 2.04. The Bertz CT molecular complexity index is 1750. The van der Waals surface area contributed by atoms with Gasteiger partial charge in [-0.3, -0.25) is 4.52 Å². The third-order valence-electron chi connectivity index (χ3n) is 10.6. The minimum atomic E-state index is -2.07. The van der Waals surface area contributed by atoms with E-state index in [0.717, 1.165) is 33.1 Å². The van der Waals surface area contributed by atoms with E-state index in [1.165, 1.54) is 11.1 Å². The van der Waals surface area contributed by atoms with Gasteiger partial charge in [0, 0.05) is 21.9 Å². The van der Waals surface area contributed by atoms with E-state index in [9.17, 15) is 0 Å². The molecule has 3 fully saturated rings. The van der Waals surface area contributed by atoms with Gasteiger partial charge in [-0.1, -0.05) is 102 Å². The molecule has 5 atom stereocenters. The first-order valence-electron chi connectivity index (χ1n) is 18.7. The zero-order chi connectivity index (χ0) is 37.9. The molecular formula is C42H63O8P. The maximum atomic E-state index is 7.37. The molecule has 0 radical (unpaired) electrons. The average Bonchev–Trinajstić information content (AvgIpc) is 3.53. The highest BCUT2D eigenvalue weighted by Crippen LogP contribution is 2.53. The summed E-state index contributed by atoms with van der Waals surface area (Å²) in [6, 6.07) is 9.23. The van der Waals surface area contributed by atoms with Gasteiger partial charge < -0.3 is 32.1 Å². The van der Waals surface area contributed by atoms with E-state index in [1.54, 1.807) is 0 Å². The first kappa shape index (κ1) is 38.8. The lowest BCUT2D eigenvalue weighted by Crippen LogP contribution is -2.57. The molecule has 9 heteroatoms. The Balaban J connectivity index is 1.72. The molecule has 0 bridgehead atoms. The molecule has 6 rings (SSSR count). The second-order valence-electron chi connectivity index (χ2n) is 20.0. The van der Waals surface area contributed by atoms with E-state index in [0.29, 0.717) is 13.0 Å². The van der Waals surface area contributed by atoms with Crippen LogP contribution in [0.2, 0.25) is 0 Å². The summed E-state index contributed by atoms with van der Waals surface area (Å²) >= 11 is 0. The summed E-state index contributed by atoms with van der Waals surface area (Å²) in [6.07, 6.45) is -1.65. The highest BCUT2D eigenvalue weighted by Gasteiger charge is 2.67. The topological polar surface area (TPSA) is 81.7 Å². The molecule has 3 aromatic rings. The summed E-state index contributed by atoms with van der Waals surface area (Å²) in [7, 11) is -2.07. The summed E-state index contributed by atoms with van der Waals surface area (Å²) in [5.41, 5.74) is 4.54. The fourth-order valence-corrected chi connectivity index (χ4v) is 9.02. The summed E-state index contributed by atoms with van der Waals surface area (Å²) in [6.45, 7) is 37.1. The molecule has 2 aromatic carbocycles. The molecule has 4 heterocycles. The molecular weight excluding hydrogens is 663 g/mol. The van der Waals surface area contributed by atoms with Crippen molar-refractivity contribution in [3.8, 4) is 0 Å². The largest absolute Gasteiger partial charge is 0.399 e. The zero-order valence-corrected chi connectivity index (χ0v) is 35.1. The summed E-state index contributed by atoms with van der Waals surface area (Å²) in [5.74, 6) is -1.62. The van der Waals surface area contributed by atoms with Crippen LogP contribution in [0.1, 0.15) is 146 Å². The normalized spacial score (nSPS) is 28.2. The number of rotatable bonds is 4. The van der Waals surface area contributed by atoms with Gasteiger partial charge in [-0.2, -0.15) is 0 Å². The Kier molecular flexibility index (Phi) is 9.37. The van der Waals surface area contributed by atoms with Crippen LogP contribution < -0.4 is 4.52 Å². The van der Waals surface area contributed by atoms with Crippen LogP contribution in [0.3, 0.4) is 0 Å². The summed E-state index contributed by atoms with van der Waals surface area (Å²) < 4.78 is 53.9. The van der Waals surface area contributed by atoms with Crippen LogP contribution in [0, 0.1) is 0 Å². The molecule has 0 N–H and O–H groups in total. The van der Waals surface area contributed by atoms with Crippen LogP contribution in [0.25, 0.3) is 21.9 Å². The molecule has 0 spiro atoms. The van der Waals surface area contributed by atoms with Crippen LogP contribution in [0.5, 0.6) is 0 Å². The Labute approximate surface area is 306 Å². The van der Waals surface area contributed by atoms with E-state index < -0.39 is 50.0 Å². The fraction of sp³-hybridized carbons (Fsp3) is 0.714. The maximum absolute atomic E-state index is 7.37. The van der Waals surface area contributed by atoms with Crippen LogP contribution >= 0.6 is 8.24 Å². The van der Waals surface area contributed by atoms with Gasteiger partial charge in [0.25, 0.3) is 0 Å². The van der Waals surface area contributed by atoms with E-state index >= 15 is 0 Å². The SMILES string of the molecule is CC[C@@]1(Op2oc3c(C(C)(C)C)cc(C(C)(C)C)cc3c3cc(C(C)(C)C)cc(C(C)(C)C)c3o2)[C@@H]([C@H]2COC(C)(C)O2)O[C@@H]2OC(C)(C)O[C@@H]21. The summed E-state index contributed by atoms with van der Waals surface area (Å²) in [4.78, 5) is 0. The van der Waals surface area contributed by atoms with Gasteiger partial charge in [0.2, 0.25) is 0 Å². The van der Waals surface area contributed by atoms with Gasteiger partial charge in [-0.25, -0.2) is 0 Å².